The summed E-state index contributed by atoms with van der Waals surface area (Å²) in [4.78, 5) is 51.7. The maximum absolute atomic E-state index is 12.0. The van der Waals surface area contributed by atoms with Crippen LogP contribution in [0.2, 0.25) is 0 Å². The maximum Gasteiger partial charge on any atom is 0.390 e. The third-order valence-electron chi connectivity index (χ3n) is 2.75. The van der Waals surface area contributed by atoms with E-state index in [1.165, 1.54) is 38.5 Å². The van der Waals surface area contributed by atoms with E-state index in [4.69, 9.17) is 9.78 Å². The number of benzene rings is 2. The van der Waals surface area contributed by atoms with E-state index < -0.39 is 11.9 Å². The van der Waals surface area contributed by atoms with Crippen LogP contribution >= 0.6 is 0 Å². The molecule has 2 rings (SSSR count). The number of hydrogen-bond acceptors (Lipinski definition) is 8. The molecule has 0 aliphatic heterocycles. The van der Waals surface area contributed by atoms with Crippen LogP contribution in [0, 0.1) is 0 Å². The van der Waals surface area contributed by atoms with Crippen LogP contribution in [-0.4, -0.2) is 26.2 Å². The van der Waals surface area contributed by atoms with Crippen LogP contribution in [0.4, 0.5) is 0 Å². The SMILES string of the molecule is COOc1ccccc1C(=O)OOC(=O)c1ccccc1OOC. The highest BCUT2D eigenvalue weighted by atomic mass is 17.2. The Kier molecular flexibility index (Phi) is 6.12. The van der Waals surface area contributed by atoms with Crippen molar-refractivity contribution in [3.8, 4) is 11.5 Å². The first kappa shape index (κ1) is 17.3. The lowest BCUT2D eigenvalue weighted by Gasteiger charge is -2.08. The second kappa shape index (κ2) is 8.51. The van der Waals surface area contributed by atoms with Crippen LogP contribution in [0.3, 0.4) is 0 Å². The Morgan fingerprint density at radius 2 is 1.04 bits per heavy atom. The molecule has 2 aromatic rings. The molecule has 0 spiro atoms. The Balaban J connectivity index is 2.06. The van der Waals surface area contributed by atoms with Gasteiger partial charge in [-0.1, -0.05) is 24.3 Å². The molecule has 0 aromatic heterocycles. The largest absolute Gasteiger partial charge is 0.390 e. The number of carbonyl (C=O) groups excluding carboxylic acids is 2. The molecule has 0 unspecified atom stereocenters. The van der Waals surface area contributed by atoms with Gasteiger partial charge in [0.15, 0.2) is 11.5 Å². The van der Waals surface area contributed by atoms with Crippen LogP contribution in [0.25, 0.3) is 0 Å². The van der Waals surface area contributed by atoms with Crippen molar-refractivity contribution in [3.05, 3.63) is 59.7 Å². The molecule has 0 bridgehead atoms. The Morgan fingerprint density at radius 1 is 0.667 bits per heavy atom. The molecule has 126 valence electrons. The molecule has 2 aromatic carbocycles. The number of rotatable bonds is 6. The van der Waals surface area contributed by atoms with Gasteiger partial charge in [0.25, 0.3) is 0 Å². The maximum atomic E-state index is 12.0. The lowest BCUT2D eigenvalue weighted by Crippen LogP contribution is -2.13. The van der Waals surface area contributed by atoms with Gasteiger partial charge in [-0.15, -0.1) is 0 Å². The van der Waals surface area contributed by atoms with Gasteiger partial charge < -0.3 is 9.78 Å². The molecule has 0 amide bonds. The quantitative estimate of drug-likeness (QED) is 0.588. The number of carbonyl (C=O) groups is 2. The minimum atomic E-state index is -0.929. The molecular formula is C16H14O8. The summed E-state index contributed by atoms with van der Waals surface area (Å²) in [5.41, 5.74) is 0.0437. The molecule has 0 N–H and O–H groups in total. The first-order valence-electron chi connectivity index (χ1n) is 6.70. The fraction of sp³-hybridized carbons (Fsp3) is 0.125. The van der Waals surface area contributed by atoms with Crippen molar-refractivity contribution >= 4 is 11.9 Å². The van der Waals surface area contributed by atoms with Crippen molar-refractivity contribution in [3.63, 3.8) is 0 Å². The van der Waals surface area contributed by atoms with E-state index in [1.807, 2.05) is 0 Å². The molecular weight excluding hydrogens is 320 g/mol. The minimum absolute atomic E-state index is 0.0218. The third-order valence-corrected chi connectivity index (χ3v) is 2.75. The van der Waals surface area contributed by atoms with Gasteiger partial charge in [-0.2, -0.15) is 9.78 Å². The summed E-state index contributed by atoms with van der Waals surface area (Å²) >= 11 is 0. The van der Waals surface area contributed by atoms with Crippen LogP contribution in [0.15, 0.2) is 48.5 Å². The molecule has 24 heavy (non-hydrogen) atoms. The van der Waals surface area contributed by atoms with E-state index in [1.54, 1.807) is 24.3 Å². The van der Waals surface area contributed by atoms with Crippen LogP contribution in [0.5, 0.6) is 11.5 Å². The first-order chi connectivity index (χ1) is 11.7. The molecule has 0 heterocycles. The Labute approximate surface area is 137 Å². The molecule has 0 aliphatic rings. The summed E-state index contributed by atoms with van der Waals surface area (Å²) in [5.74, 6) is -1.63. The zero-order chi connectivity index (χ0) is 17.4. The Bertz CT molecular complexity index is 651. The number of para-hydroxylation sites is 2. The summed E-state index contributed by atoms with van der Waals surface area (Å²) in [7, 11) is 2.57. The van der Waals surface area contributed by atoms with E-state index in [9.17, 15) is 9.59 Å². The van der Waals surface area contributed by atoms with Crippen molar-refractivity contribution in [2.75, 3.05) is 14.2 Å². The average molecular weight is 334 g/mol. The van der Waals surface area contributed by atoms with Crippen molar-refractivity contribution in [1.82, 2.24) is 0 Å². The molecule has 8 nitrogen and oxygen atoms in total. The molecule has 0 saturated heterocycles. The van der Waals surface area contributed by atoms with Crippen molar-refractivity contribution in [2.24, 2.45) is 0 Å². The van der Waals surface area contributed by atoms with E-state index in [-0.39, 0.29) is 22.6 Å². The predicted octanol–water partition coefficient (Wildman–Crippen LogP) is 2.50. The fourth-order valence-electron chi connectivity index (χ4n) is 1.76. The second-order valence-electron chi connectivity index (χ2n) is 4.23. The molecule has 0 aliphatic carbocycles. The third kappa shape index (κ3) is 4.22. The molecule has 0 fully saturated rings. The highest BCUT2D eigenvalue weighted by Gasteiger charge is 2.20. The first-order valence-corrected chi connectivity index (χ1v) is 6.70. The predicted molar refractivity (Wildman–Crippen MR) is 79.0 cm³/mol. The van der Waals surface area contributed by atoms with Gasteiger partial charge in [0, 0.05) is 0 Å². The van der Waals surface area contributed by atoms with Crippen molar-refractivity contribution in [1.29, 1.82) is 0 Å². The summed E-state index contributed by atoms with van der Waals surface area (Å²) in [6, 6.07) is 12.3. The minimum Gasteiger partial charge on any atom is -0.337 e. The topological polar surface area (TPSA) is 89.5 Å². The van der Waals surface area contributed by atoms with Crippen LogP contribution < -0.4 is 9.78 Å². The van der Waals surface area contributed by atoms with Crippen LogP contribution in [0.1, 0.15) is 20.7 Å². The summed E-state index contributed by atoms with van der Waals surface area (Å²) in [6.45, 7) is 0. The van der Waals surface area contributed by atoms with Gasteiger partial charge >= 0.3 is 11.9 Å². The summed E-state index contributed by atoms with van der Waals surface area (Å²) < 4.78 is 0. The van der Waals surface area contributed by atoms with Gasteiger partial charge in [0.05, 0.1) is 14.2 Å². The van der Waals surface area contributed by atoms with E-state index in [0.29, 0.717) is 0 Å². The van der Waals surface area contributed by atoms with Gasteiger partial charge in [-0.3, -0.25) is 0 Å². The Morgan fingerprint density at radius 3 is 1.42 bits per heavy atom. The lowest BCUT2D eigenvalue weighted by atomic mass is 10.2. The van der Waals surface area contributed by atoms with Gasteiger partial charge in [-0.25, -0.2) is 19.4 Å². The van der Waals surface area contributed by atoms with Crippen molar-refractivity contribution < 1.29 is 38.9 Å². The van der Waals surface area contributed by atoms with E-state index in [2.05, 4.69) is 19.6 Å². The highest BCUT2D eigenvalue weighted by molar-refractivity contribution is 5.95. The van der Waals surface area contributed by atoms with Gasteiger partial charge in [0.2, 0.25) is 0 Å². The highest BCUT2D eigenvalue weighted by Crippen LogP contribution is 2.21. The smallest absolute Gasteiger partial charge is 0.337 e. The van der Waals surface area contributed by atoms with E-state index >= 15 is 0 Å². The zero-order valence-corrected chi connectivity index (χ0v) is 12.9. The second-order valence-corrected chi connectivity index (χ2v) is 4.23. The monoisotopic (exact) mass is 334 g/mol. The molecule has 8 heteroatoms. The lowest BCUT2D eigenvalue weighted by molar-refractivity contribution is -0.193. The van der Waals surface area contributed by atoms with Crippen LogP contribution in [-0.2, 0) is 19.6 Å². The Hall–Kier alpha value is -3.10. The fourth-order valence-corrected chi connectivity index (χ4v) is 1.76. The van der Waals surface area contributed by atoms with Gasteiger partial charge in [0.1, 0.15) is 11.1 Å². The molecule has 0 saturated carbocycles. The normalized spacial score (nSPS) is 9.92. The molecule has 0 atom stereocenters. The zero-order valence-electron chi connectivity index (χ0n) is 12.9. The standard InChI is InChI=1S/C16H14O8/c1-19-21-13-9-5-3-7-11(13)15(17)23-24-16(18)12-8-4-6-10-14(12)22-20-2/h3-10H,1-2H3. The van der Waals surface area contributed by atoms with E-state index in [0.717, 1.165) is 0 Å². The number of hydrogen-bond donors (Lipinski definition) is 0. The summed E-state index contributed by atoms with van der Waals surface area (Å²) in [5, 5.41) is 0. The molecule has 0 radical (unpaired) electrons. The van der Waals surface area contributed by atoms with Crippen molar-refractivity contribution in [2.45, 2.75) is 0 Å². The summed E-state index contributed by atoms with van der Waals surface area (Å²) in [6.07, 6.45) is 0. The average Bonchev–Trinajstić information content (AvgIpc) is 2.61. The van der Waals surface area contributed by atoms with Gasteiger partial charge in [-0.05, 0) is 24.3 Å².